The second-order valence-corrected chi connectivity index (χ2v) is 8.08. The molecule has 1 aromatic rings. The lowest BCUT2D eigenvalue weighted by Crippen LogP contribution is -2.58. The zero-order valence-electron chi connectivity index (χ0n) is 17.2. The number of likely N-dealkylation sites (N-methyl/N-ethyl adjacent to an activating group) is 1. The number of nitrogens with zero attached hydrogens (tertiary/aromatic N) is 4. The molecule has 6 nitrogen and oxygen atoms in total. The highest BCUT2D eigenvalue weighted by atomic mass is 19.1. The monoisotopic (exact) mass is 390 g/mol. The second-order valence-electron chi connectivity index (χ2n) is 8.08. The van der Waals surface area contributed by atoms with E-state index in [4.69, 9.17) is 0 Å². The minimum absolute atomic E-state index is 0.0928. The van der Waals surface area contributed by atoms with Crippen LogP contribution in [0.2, 0.25) is 0 Å². The molecule has 2 aliphatic rings. The highest BCUT2D eigenvalue weighted by molar-refractivity contribution is 6.04. The van der Waals surface area contributed by atoms with Gasteiger partial charge in [-0.25, -0.2) is 4.39 Å². The van der Waals surface area contributed by atoms with Gasteiger partial charge in [-0.2, -0.15) is 0 Å². The molecule has 0 unspecified atom stereocenters. The standard InChI is InChI=1S/C21H31FN4O2/c1-4-23-9-11-25(12-10-23)19(27)21(2,3)20(28)26-15-13-24(14-16-26)18-8-6-5-7-17(18)22/h5-8H,4,9-16H2,1-3H3. The van der Waals surface area contributed by atoms with E-state index in [9.17, 15) is 14.0 Å². The van der Waals surface area contributed by atoms with E-state index in [0.29, 0.717) is 45.0 Å². The van der Waals surface area contributed by atoms with Gasteiger partial charge >= 0.3 is 0 Å². The van der Waals surface area contributed by atoms with E-state index < -0.39 is 5.41 Å². The van der Waals surface area contributed by atoms with E-state index in [1.807, 2.05) is 15.9 Å². The molecule has 1 aromatic carbocycles. The van der Waals surface area contributed by atoms with Crippen LogP contribution in [0, 0.1) is 11.2 Å². The number of hydrogen-bond acceptors (Lipinski definition) is 4. The first-order valence-electron chi connectivity index (χ1n) is 10.1. The van der Waals surface area contributed by atoms with Crippen LogP contribution in [-0.2, 0) is 9.59 Å². The van der Waals surface area contributed by atoms with Crippen molar-refractivity contribution in [3.8, 4) is 0 Å². The van der Waals surface area contributed by atoms with Gasteiger partial charge in [-0.15, -0.1) is 0 Å². The van der Waals surface area contributed by atoms with Gasteiger partial charge in [0, 0.05) is 52.4 Å². The summed E-state index contributed by atoms with van der Waals surface area (Å²) in [5, 5.41) is 0. The van der Waals surface area contributed by atoms with E-state index in [1.165, 1.54) is 6.07 Å². The average Bonchev–Trinajstić information content (AvgIpc) is 2.73. The van der Waals surface area contributed by atoms with Crippen molar-refractivity contribution in [2.75, 3.05) is 63.8 Å². The molecule has 0 aromatic heterocycles. The molecule has 2 saturated heterocycles. The number of benzene rings is 1. The summed E-state index contributed by atoms with van der Waals surface area (Å²) in [4.78, 5) is 34.0. The second kappa shape index (κ2) is 8.47. The molecule has 0 bridgehead atoms. The SMILES string of the molecule is CCN1CCN(C(=O)C(C)(C)C(=O)N2CCN(c3ccccc3F)CC2)CC1. The summed E-state index contributed by atoms with van der Waals surface area (Å²) in [7, 11) is 0. The number of anilines is 1. The number of para-hydroxylation sites is 1. The van der Waals surface area contributed by atoms with Crippen molar-refractivity contribution in [2.45, 2.75) is 20.8 Å². The number of piperazine rings is 2. The van der Waals surface area contributed by atoms with Crippen molar-refractivity contribution in [3.63, 3.8) is 0 Å². The molecule has 2 fully saturated rings. The van der Waals surface area contributed by atoms with Crippen LogP contribution in [0.4, 0.5) is 10.1 Å². The fourth-order valence-electron chi connectivity index (χ4n) is 4.01. The molecular weight excluding hydrogens is 359 g/mol. The Labute approximate surface area is 166 Å². The molecule has 2 heterocycles. The van der Waals surface area contributed by atoms with E-state index in [0.717, 1.165) is 19.6 Å². The molecule has 0 atom stereocenters. The third-order valence-corrected chi connectivity index (χ3v) is 5.94. The van der Waals surface area contributed by atoms with Gasteiger partial charge in [0.25, 0.3) is 0 Å². The molecule has 0 aliphatic carbocycles. The number of amides is 2. The van der Waals surface area contributed by atoms with Crippen LogP contribution in [0.15, 0.2) is 24.3 Å². The number of halogens is 1. The Morgan fingerprint density at radius 2 is 1.39 bits per heavy atom. The van der Waals surface area contributed by atoms with Gasteiger partial charge in [-0.05, 0) is 32.5 Å². The predicted molar refractivity (Wildman–Crippen MR) is 108 cm³/mol. The lowest BCUT2D eigenvalue weighted by Gasteiger charge is -2.41. The zero-order chi connectivity index (χ0) is 20.3. The normalized spacial score (nSPS) is 19.1. The first-order chi connectivity index (χ1) is 13.3. The number of carbonyl (C=O) groups is 2. The highest BCUT2D eigenvalue weighted by Crippen LogP contribution is 2.26. The fourth-order valence-corrected chi connectivity index (χ4v) is 4.01. The highest BCUT2D eigenvalue weighted by Gasteiger charge is 2.43. The molecule has 3 rings (SSSR count). The Morgan fingerprint density at radius 3 is 1.89 bits per heavy atom. The minimum atomic E-state index is -1.07. The van der Waals surface area contributed by atoms with Gasteiger partial charge in [-0.1, -0.05) is 19.1 Å². The van der Waals surface area contributed by atoms with Crippen molar-refractivity contribution in [1.82, 2.24) is 14.7 Å². The first-order valence-corrected chi connectivity index (χ1v) is 10.1. The van der Waals surface area contributed by atoms with E-state index in [-0.39, 0.29) is 17.6 Å². The summed E-state index contributed by atoms with van der Waals surface area (Å²) in [6.45, 7) is 11.7. The smallest absolute Gasteiger partial charge is 0.237 e. The van der Waals surface area contributed by atoms with Gasteiger partial charge < -0.3 is 19.6 Å². The van der Waals surface area contributed by atoms with Crippen LogP contribution in [0.1, 0.15) is 20.8 Å². The van der Waals surface area contributed by atoms with Crippen LogP contribution in [-0.4, -0.2) is 85.4 Å². The fraction of sp³-hybridized carbons (Fsp3) is 0.619. The summed E-state index contributed by atoms with van der Waals surface area (Å²) in [5.74, 6) is -0.475. The third kappa shape index (κ3) is 4.14. The molecule has 0 radical (unpaired) electrons. The van der Waals surface area contributed by atoms with Gasteiger partial charge in [0.15, 0.2) is 0 Å². The lowest BCUT2D eigenvalue weighted by atomic mass is 9.89. The van der Waals surface area contributed by atoms with Crippen LogP contribution in [0.5, 0.6) is 0 Å². The average molecular weight is 391 g/mol. The van der Waals surface area contributed by atoms with E-state index in [2.05, 4.69) is 11.8 Å². The Bertz CT molecular complexity index is 708. The molecular formula is C21H31FN4O2. The van der Waals surface area contributed by atoms with E-state index >= 15 is 0 Å². The van der Waals surface area contributed by atoms with Crippen molar-refractivity contribution >= 4 is 17.5 Å². The molecule has 2 amide bonds. The quantitative estimate of drug-likeness (QED) is 0.734. The van der Waals surface area contributed by atoms with Crippen molar-refractivity contribution in [3.05, 3.63) is 30.1 Å². The summed E-state index contributed by atoms with van der Waals surface area (Å²) < 4.78 is 14.0. The zero-order valence-corrected chi connectivity index (χ0v) is 17.2. The summed E-state index contributed by atoms with van der Waals surface area (Å²) in [5.41, 5.74) is -0.507. The van der Waals surface area contributed by atoms with E-state index in [1.54, 1.807) is 30.9 Å². The lowest BCUT2D eigenvalue weighted by molar-refractivity contribution is -0.155. The maximum absolute atomic E-state index is 14.0. The van der Waals surface area contributed by atoms with Crippen molar-refractivity contribution < 1.29 is 14.0 Å². The van der Waals surface area contributed by atoms with Gasteiger partial charge in [0.05, 0.1) is 5.69 Å². The first kappa shape index (κ1) is 20.6. The number of rotatable bonds is 4. The topological polar surface area (TPSA) is 47.1 Å². The maximum Gasteiger partial charge on any atom is 0.237 e. The van der Waals surface area contributed by atoms with Gasteiger partial charge in [0.2, 0.25) is 11.8 Å². The van der Waals surface area contributed by atoms with Crippen LogP contribution < -0.4 is 4.90 Å². The number of hydrogen-bond donors (Lipinski definition) is 0. The molecule has 0 saturated carbocycles. The van der Waals surface area contributed by atoms with Gasteiger partial charge in [-0.3, -0.25) is 9.59 Å². The van der Waals surface area contributed by atoms with Crippen molar-refractivity contribution in [2.24, 2.45) is 5.41 Å². The van der Waals surface area contributed by atoms with Crippen molar-refractivity contribution in [1.29, 1.82) is 0 Å². The predicted octanol–water partition coefficient (Wildman–Crippen LogP) is 1.66. The molecule has 0 N–H and O–H groups in total. The largest absolute Gasteiger partial charge is 0.366 e. The van der Waals surface area contributed by atoms with Crippen LogP contribution in [0.25, 0.3) is 0 Å². The summed E-state index contributed by atoms with van der Waals surface area (Å²) in [6.07, 6.45) is 0. The molecule has 0 spiro atoms. The third-order valence-electron chi connectivity index (χ3n) is 5.94. The Kier molecular flexibility index (Phi) is 6.23. The van der Waals surface area contributed by atoms with Crippen LogP contribution in [0.3, 0.4) is 0 Å². The minimum Gasteiger partial charge on any atom is -0.366 e. The molecule has 154 valence electrons. The maximum atomic E-state index is 14.0. The van der Waals surface area contributed by atoms with Crippen LogP contribution >= 0.6 is 0 Å². The molecule has 2 aliphatic heterocycles. The Hall–Kier alpha value is -2.15. The molecule has 7 heteroatoms. The molecule has 28 heavy (non-hydrogen) atoms. The Morgan fingerprint density at radius 1 is 0.893 bits per heavy atom. The summed E-state index contributed by atoms with van der Waals surface area (Å²) in [6, 6.07) is 6.70. The number of carbonyl (C=O) groups excluding carboxylic acids is 2. The Balaban J connectivity index is 1.59. The summed E-state index contributed by atoms with van der Waals surface area (Å²) >= 11 is 0. The van der Waals surface area contributed by atoms with Gasteiger partial charge in [0.1, 0.15) is 11.2 Å².